The molecule has 0 radical (unpaired) electrons. The molecular weight excluding hydrogens is 260 g/mol. The van der Waals surface area contributed by atoms with Crippen LogP contribution in [0, 0.1) is 0 Å². The minimum atomic E-state index is 0.0141. The second-order valence-corrected chi connectivity index (χ2v) is 5.32. The van der Waals surface area contributed by atoms with Crippen LogP contribution in [0.1, 0.15) is 23.3 Å². The minimum Gasteiger partial charge on any atom is -0.337 e. The monoisotopic (exact) mass is 278 g/mol. The van der Waals surface area contributed by atoms with Gasteiger partial charge in [0, 0.05) is 18.7 Å². The van der Waals surface area contributed by atoms with Gasteiger partial charge in [-0.2, -0.15) is 0 Å². The Bertz CT molecular complexity index is 654. The molecule has 0 bridgehead atoms. The Morgan fingerprint density at radius 2 is 1.71 bits per heavy atom. The fraction of sp³-hybridized carbons (Fsp3) is 0.222. The van der Waals surface area contributed by atoms with Crippen molar-refractivity contribution in [3.8, 4) is 11.3 Å². The van der Waals surface area contributed by atoms with Crippen LogP contribution in [0.2, 0.25) is 0 Å². The highest BCUT2D eigenvalue weighted by atomic mass is 16.2. The van der Waals surface area contributed by atoms with E-state index in [2.05, 4.69) is 11.6 Å². The van der Waals surface area contributed by atoms with Crippen LogP contribution < -0.4 is 0 Å². The molecule has 1 aromatic heterocycles. The molecule has 0 aliphatic carbocycles. The first-order valence-corrected chi connectivity index (χ1v) is 7.22. The molecular formula is C18H18N2O. The van der Waals surface area contributed by atoms with Crippen LogP contribution in [0.5, 0.6) is 0 Å². The van der Waals surface area contributed by atoms with Crippen LogP contribution in [-0.4, -0.2) is 28.9 Å². The van der Waals surface area contributed by atoms with E-state index in [0.29, 0.717) is 5.69 Å². The predicted octanol–water partition coefficient (Wildman–Crippen LogP) is 3.54. The van der Waals surface area contributed by atoms with Crippen molar-refractivity contribution in [3.05, 3.63) is 66.4 Å². The van der Waals surface area contributed by atoms with Gasteiger partial charge in [-0.1, -0.05) is 48.6 Å². The summed E-state index contributed by atoms with van der Waals surface area (Å²) in [6, 6.07) is 15.5. The Kier molecular flexibility index (Phi) is 3.82. The van der Waals surface area contributed by atoms with Gasteiger partial charge in [0.25, 0.3) is 5.91 Å². The van der Waals surface area contributed by atoms with Gasteiger partial charge in [-0.3, -0.25) is 4.79 Å². The van der Waals surface area contributed by atoms with Gasteiger partial charge < -0.3 is 4.90 Å². The molecule has 3 nitrogen and oxygen atoms in total. The molecule has 0 saturated carbocycles. The number of hydrogen-bond donors (Lipinski definition) is 0. The van der Waals surface area contributed by atoms with Crippen molar-refractivity contribution < 1.29 is 4.79 Å². The molecule has 0 unspecified atom stereocenters. The van der Waals surface area contributed by atoms with E-state index < -0.39 is 0 Å². The third-order valence-electron chi connectivity index (χ3n) is 3.80. The van der Waals surface area contributed by atoms with Crippen LogP contribution in [-0.2, 0) is 0 Å². The molecule has 1 aliphatic rings. The van der Waals surface area contributed by atoms with Crippen molar-refractivity contribution in [2.75, 3.05) is 13.1 Å². The topological polar surface area (TPSA) is 33.2 Å². The molecule has 0 atom stereocenters. The van der Waals surface area contributed by atoms with E-state index in [0.717, 1.165) is 37.2 Å². The van der Waals surface area contributed by atoms with Gasteiger partial charge in [-0.25, -0.2) is 4.98 Å². The zero-order valence-electron chi connectivity index (χ0n) is 12.0. The van der Waals surface area contributed by atoms with Crippen LogP contribution in [0.3, 0.4) is 0 Å². The first-order valence-electron chi connectivity index (χ1n) is 7.22. The van der Waals surface area contributed by atoms with E-state index in [1.165, 1.54) is 5.57 Å². The number of nitrogens with zero attached hydrogens (tertiary/aromatic N) is 2. The normalized spacial score (nSPS) is 15.0. The van der Waals surface area contributed by atoms with Gasteiger partial charge in [-0.05, 0) is 25.0 Å². The highest BCUT2D eigenvalue weighted by Crippen LogP contribution is 2.19. The maximum atomic E-state index is 12.5. The van der Waals surface area contributed by atoms with Crippen molar-refractivity contribution in [1.29, 1.82) is 0 Å². The van der Waals surface area contributed by atoms with Crippen molar-refractivity contribution in [3.63, 3.8) is 0 Å². The third kappa shape index (κ3) is 3.02. The van der Waals surface area contributed by atoms with Gasteiger partial charge in [0.15, 0.2) is 0 Å². The number of likely N-dealkylation sites (tertiary alicyclic amines) is 1. The summed E-state index contributed by atoms with van der Waals surface area (Å²) in [7, 11) is 0. The molecule has 3 rings (SSSR count). The average Bonchev–Trinajstić information content (AvgIpc) is 2.56. The van der Waals surface area contributed by atoms with Crippen LogP contribution in [0.4, 0.5) is 0 Å². The molecule has 21 heavy (non-hydrogen) atoms. The Hall–Kier alpha value is -2.42. The van der Waals surface area contributed by atoms with Crippen LogP contribution >= 0.6 is 0 Å². The molecule has 2 heterocycles. The maximum absolute atomic E-state index is 12.5. The molecule has 1 saturated heterocycles. The van der Waals surface area contributed by atoms with Crippen molar-refractivity contribution in [2.45, 2.75) is 12.8 Å². The number of amides is 1. The average molecular weight is 278 g/mol. The van der Waals surface area contributed by atoms with Gasteiger partial charge in [0.2, 0.25) is 0 Å². The number of piperidine rings is 1. The number of aromatic nitrogens is 1. The van der Waals surface area contributed by atoms with Gasteiger partial charge in [-0.15, -0.1) is 0 Å². The first-order chi connectivity index (χ1) is 10.2. The number of hydrogen-bond acceptors (Lipinski definition) is 2. The van der Waals surface area contributed by atoms with Crippen molar-refractivity contribution in [2.24, 2.45) is 0 Å². The molecule has 1 amide bonds. The smallest absolute Gasteiger partial charge is 0.272 e. The minimum absolute atomic E-state index is 0.0141. The quantitative estimate of drug-likeness (QED) is 0.787. The highest BCUT2D eigenvalue weighted by Gasteiger charge is 2.20. The molecule has 0 spiro atoms. The third-order valence-corrected chi connectivity index (χ3v) is 3.80. The number of pyridine rings is 1. The molecule has 1 fully saturated rings. The summed E-state index contributed by atoms with van der Waals surface area (Å²) < 4.78 is 0. The SMILES string of the molecule is C=C1CCN(C(=O)c2cccc(-c3ccccc3)n2)CC1. The lowest BCUT2D eigenvalue weighted by Gasteiger charge is -2.27. The second-order valence-electron chi connectivity index (χ2n) is 5.32. The van der Waals surface area contributed by atoms with E-state index in [9.17, 15) is 4.79 Å². The molecule has 3 heteroatoms. The van der Waals surface area contributed by atoms with E-state index >= 15 is 0 Å². The molecule has 0 N–H and O–H groups in total. The van der Waals surface area contributed by atoms with Crippen LogP contribution in [0.15, 0.2) is 60.7 Å². The summed E-state index contributed by atoms with van der Waals surface area (Å²) in [5.41, 5.74) is 3.61. The summed E-state index contributed by atoms with van der Waals surface area (Å²) in [6.45, 7) is 5.47. The summed E-state index contributed by atoms with van der Waals surface area (Å²) >= 11 is 0. The lowest BCUT2D eigenvalue weighted by atomic mass is 10.1. The molecule has 2 aromatic rings. The summed E-state index contributed by atoms with van der Waals surface area (Å²) in [6.07, 6.45) is 1.79. The Morgan fingerprint density at radius 1 is 1.00 bits per heavy atom. The predicted molar refractivity (Wildman–Crippen MR) is 84.0 cm³/mol. The van der Waals surface area contributed by atoms with E-state index in [1.54, 1.807) is 6.07 Å². The molecule has 1 aliphatic heterocycles. The molecule has 1 aromatic carbocycles. The van der Waals surface area contributed by atoms with Crippen molar-refractivity contribution >= 4 is 5.91 Å². The zero-order valence-corrected chi connectivity index (χ0v) is 12.0. The highest BCUT2D eigenvalue weighted by molar-refractivity contribution is 5.93. The fourth-order valence-electron chi connectivity index (χ4n) is 2.51. The maximum Gasteiger partial charge on any atom is 0.272 e. The Balaban J connectivity index is 1.83. The number of carbonyl (C=O) groups is 1. The summed E-state index contributed by atoms with van der Waals surface area (Å²) in [4.78, 5) is 18.9. The Labute approximate surface area is 124 Å². The van der Waals surface area contributed by atoms with E-state index in [1.807, 2.05) is 47.4 Å². The summed E-state index contributed by atoms with van der Waals surface area (Å²) in [5.74, 6) is 0.0141. The lowest BCUT2D eigenvalue weighted by molar-refractivity contribution is 0.0738. The summed E-state index contributed by atoms with van der Waals surface area (Å²) in [5, 5.41) is 0. The number of benzene rings is 1. The van der Waals surface area contributed by atoms with Crippen molar-refractivity contribution in [1.82, 2.24) is 9.88 Å². The zero-order chi connectivity index (χ0) is 14.7. The lowest BCUT2D eigenvalue weighted by Crippen LogP contribution is -2.36. The van der Waals surface area contributed by atoms with Gasteiger partial charge >= 0.3 is 0 Å². The Morgan fingerprint density at radius 3 is 2.43 bits per heavy atom. The second kappa shape index (κ2) is 5.92. The molecule has 106 valence electrons. The number of rotatable bonds is 2. The standard InChI is InChI=1S/C18H18N2O/c1-14-10-12-20(13-11-14)18(21)17-9-5-8-16(19-17)15-6-3-2-4-7-15/h2-9H,1,10-13H2. The number of carbonyl (C=O) groups excluding carboxylic acids is 1. The van der Waals surface area contributed by atoms with E-state index in [4.69, 9.17) is 0 Å². The van der Waals surface area contributed by atoms with E-state index in [-0.39, 0.29) is 5.91 Å². The first kappa shape index (κ1) is 13.6. The van der Waals surface area contributed by atoms with Crippen LogP contribution in [0.25, 0.3) is 11.3 Å². The fourth-order valence-corrected chi connectivity index (χ4v) is 2.51. The largest absolute Gasteiger partial charge is 0.337 e. The van der Waals surface area contributed by atoms with Gasteiger partial charge in [0.1, 0.15) is 5.69 Å². The van der Waals surface area contributed by atoms with Gasteiger partial charge in [0.05, 0.1) is 5.69 Å².